The van der Waals surface area contributed by atoms with E-state index in [0.717, 1.165) is 25.1 Å². The topological polar surface area (TPSA) is 43.8 Å². The third kappa shape index (κ3) is 9.01. The Morgan fingerprint density at radius 2 is 1.09 bits per heavy atom. The summed E-state index contributed by atoms with van der Waals surface area (Å²) in [4.78, 5) is 17.8. The molecular formula is C41H44N2O2. The van der Waals surface area contributed by atoms with Gasteiger partial charge < -0.3 is 10.0 Å². The fourth-order valence-corrected chi connectivity index (χ4v) is 5.93. The first-order valence-corrected chi connectivity index (χ1v) is 15.9. The quantitative estimate of drug-likeness (QED) is 0.140. The first kappa shape index (κ1) is 31.9. The molecule has 0 aliphatic rings. The van der Waals surface area contributed by atoms with Crippen LogP contribution in [0.15, 0.2) is 146 Å². The van der Waals surface area contributed by atoms with Crippen molar-refractivity contribution < 1.29 is 9.90 Å². The monoisotopic (exact) mass is 596 g/mol. The Morgan fingerprint density at radius 3 is 1.62 bits per heavy atom. The molecule has 3 atom stereocenters. The molecule has 0 saturated carbocycles. The van der Waals surface area contributed by atoms with Crippen molar-refractivity contribution >= 4 is 5.91 Å². The number of hydrogen-bond donors (Lipinski definition) is 1. The van der Waals surface area contributed by atoms with Gasteiger partial charge in [-0.15, -0.1) is 0 Å². The highest BCUT2D eigenvalue weighted by Crippen LogP contribution is 2.25. The van der Waals surface area contributed by atoms with Crippen LogP contribution in [0.5, 0.6) is 0 Å². The molecule has 5 rings (SSSR count). The molecular weight excluding hydrogens is 552 g/mol. The lowest BCUT2D eigenvalue weighted by Gasteiger charge is -2.34. The van der Waals surface area contributed by atoms with Crippen LogP contribution in [-0.4, -0.2) is 39.9 Å². The molecule has 0 bridgehead atoms. The average molecular weight is 597 g/mol. The van der Waals surface area contributed by atoms with Gasteiger partial charge in [-0.2, -0.15) is 0 Å². The Kier molecular flexibility index (Phi) is 11.3. The zero-order valence-electron chi connectivity index (χ0n) is 26.4. The largest absolute Gasteiger partial charge is 0.386 e. The molecule has 1 amide bonds. The first-order valence-electron chi connectivity index (χ1n) is 15.9. The van der Waals surface area contributed by atoms with E-state index in [-0.39, 0.29) is 18.0 Å². The van der Waals surface area contributed by atoms with Gasteiger partial charge in [0.15, 0.2) is 0 Å². The fourth-order valence-electron chi connectivity index (χ4n) is 5.93. The van der Waals surface area contributed by atoms with Crippen LogP contribution in [0.3, 0.4) is 0 Å². The summed E-state index contributed by atoms with van der Waals surface area (Å²) in [7, 11) is 1.81. The van der Waals surface area contributed by atoms with Gasteiger partial charge in [0.2, 0.25) is 5.91 Å². The van der Waals surface area contributed by atoms with Crippen LogP contribution in [0.2, 0.25) is 0 Å². The smallest absolute Gasteiger partial charge is 0.222 e. The normalized spacial score (nSPS) is 13.2. The van der Waals surface area contributed by atoms with Gasteiger partial charge in [-0.05, 0) is 53.1 Å². The number of nitrogens with zero attached hydrogens (tertiary/aromatic N) is 2. The highest BCUT2D eigenvalue weighted by molar-refractivity contribution is 5.76. The second-order valence-corrected chi connectivity index (χ2v) is 11.9. The van der Waals surface area contributed by atoms with Crippen LogP contribution in [0, 0.1) is 0 Å². The van der Waals surface area contributed by atoms with Crippen molar-refractivity contribution in [3.05, 3.63) is 168 Å². The molecule has 230 valence electrons. The number of hydrogen-bond acceptors (Lipinski definition) is 3. The molecule has 2 unspecified atom stereocenters. The van der Waals surface area contributed by atoms with Gasteiger partial charge in [-0.3, -0.25) is 9.69 Å². The molecule has 5 aromatic carbocycles. The van der Waals surface area contributed by atoms with Gasteiger partial charge >= 0.3 is 0 Å². The van der Waals surface area contributed by atoms with Crippen molar-refractivity contribution in [1.29, 1.82) is 0 Å². The standard InChI is InChI=1S/C41H44N2O2/c1-32(41(45)38-21-13-6-14-22-38)42(2)40(44)28-27-39(29-33-23-25-37(26-24-33)36-19-11-5-12-20-36)43(30-34-15-7-3-8-16-34)31-35-17-9-4-10-18-35/h3-26,32,39,41,45H,27-31H2,1-2H3/t32-,39?,41?/m1/s1. The van der Waals surface area contributed by atoms with Gasteiger partial charge in [0.05, 0.1) is 12.1 Å². The van der Waals surface area contributed by atoms with E-state index < -0.39 is 6.10 Å². The number of carbonyl (C=O) groups is 1. The SMILES string of the molecule is C[C@H](C(O)c1ccccc1)N(C)C(=O)CCC(Cc1ccc(-c2ccccc2)cc1)N(Cc1ccccc1)Cc1ccccc1. The summed E-state index contributed by atoms with van der Waals surface area (Å²) in [5.41, 5.74) is 6.97. The van der Waals surface area contributed by atoms with E-state index >= 15 is 0 Å². The van der Waals surface area contributed by atoms with Gasteiger partial charge in [0.1, 0.15) is 0 Å². The minimum Gasteiger partial charge on any atom is -0.386 e. The maximum Gasteiger partial charge on any atom is 0.222 e. The van der Waals surface area contributed by atoms with E-state index in [1.165, 1.54) is 27.8 Å². The van der Waals surface area contributed by atoms with Crippen LogP contribution >= 0.6 is 0 Å². The zero-order valence-corrected chi connectivity index (χ0v) is 26.4. The second kappa shape index (κ2) is 16.0. The highest BCUT2D eigenvalue weighted by Gasteiger charge is 2.26. The molecule has 1 N–H and O–H groups in total. The number of aliphatic hydroxyl groups excluding tert-OH is 1. The van der Waals surface area contributed by atoms with E-state index in [1.54, 1.807) is 4.90 Å². The Labute approximate surface area is 268 Å². The van der Waals surface area contributed by atoms with Crippen LogP contribution in [0.25, 0.3) is 11.1 Å². The van der Waals surface area contributed by atoms with E-state index in [2.05, 4.69) is 114 Å². The van der Waals surface area contributed by atoms with E-state index in [1.807, 2.05) is 50.4 Å². The Hall–Kier alpha value is -4.51. The summed E-state index contributed by atoms with van der Waals surface area (Å²) in [6.45, 7) is 3.49. The number of aliphatic hydroxyl groups is 1. The predicted molar refractivity (Wildman–Crippen MR) is 184 cm³/mol. The molecule has 5 aromatic rings. The maximum absolute atomic E-state index is 13.6. The summed E-state index contributed by atoms with van der Waals surface area (Å²) in [6.07, 6.45) is 1.19. The molecule has 0 heterocycles. The maximum atomic E-state index is 13.6. The molecule has 0 aliphatic carbocycles. The highest BCUT2D eigenvalue weighted by atomic mass is 16.3. The minimum atomic E-state index is -0.744. The number of benzene rings is 5. The number of rotatable bonds is 14. The van der Waals surface area contributed by atoms with Crippen molar-refractivity contribution in [2.75, 3.05) is 7.05 Å². The average Bonchev–Trinajstić information content (AvgIpc) is 3.10. The van der Waals surface area contributed by atoms with Crippen LogP contribution in [0.4, 0.5) is 0 Å². The van der Waals surface area contributed by atoms with Crippen LogP contribution in [0.1, 0.15) is 48.1 Å². The van der Waals surface area contributed by atoms with Gasteiger partial charge in [-0.25, -0.2) is 0 Å². The molecule has 0 spiro atoms. The third-order valence-electron chi connectivity index (χ3n) is 8.80. The molecule has 4 nitrogen and oxygen atoms in total. The summed E-state index contributed by atoms with van der Waals surface area (Å²) >= 11 is 0. The van der Waals surface area contributed by atoms with E-state index in [0.29, 0.717) is 12.8 Å². The van der Waals surface area contributed by atoms with Crippen molar-refractivity contribution in [3.8, 4) is 11.1 Å². The molecule has 0 aliphatic heterocycles. The van der Waals surface area contributed by atoms with Crippen LogP contribution < -0.4 is 0 Å². The molecule has 0 fully saturated rings. The molecule has 0 aromatic heterocycles. The van der Waals surface area contributed by atoms with Gasteiger partial charge in [-0.1, -0.05) is 146 Å². The van der Waals surface area contributed by atoms with Gasteiger partial charge in [0, 0.05) is 32.6 Å². The lowest BCUT2D eigenvalue weighted by molar-refractivity contribution is -0.134. The number of carbonyl (C=O) groups excluding carboxylic acids is 1. The summed E-state index contributed by atoms with van der Waals surface area (Å²) < 4.78 is 0. The van der Waals surface area contributed by atoms with Crippen LogP contribution in [-0.2, 0) is 24.3 Å². The summed E-state index contributed by atoms with van der Waals surface area (Å²) in [5.74, 6) is 0.0429. The predicted octanol–water partition coefficient (Wildman–Crippen LogP) is 8.33. The lowest BCUT2D eigenvalue weighted by Crippen LogP contribution is -2.41. The third-order valence-corrected chi connectivity index (χ3v) is 8.80. The second-order valence-electron chi connectivity index (χ2n) is 11.9. The van der Waals surface area contributed by atoms with Crippen molar-refractivity contribution in [2.45, 2.75) is 57.5 Å². The zero-order chi connectivity index (χ0) is 31.4. The molecule has 4 heteroatoms. The Morgan fingerprint density at radius 1 is 0.622 bits per heavy atom. The van der Waals surface area contributed by atoms with E-state index in [9.17, 15) is 9.90 Å². The van der Waals surface area contributed by atoms with Crippen molar-refractivity contribution in [2.24, 2.45) is 0 Å². The van der Waals surface area contributed by atoms with Gasteiger partial charge in [0.25, 0.3) is 0 Å². The fraction of sp³-hybridized carbons (Fsp3) is 0.244. The lowest BCUT2D eigenvalue weighted by atomic mass is 9.96. The molecule has 0 saturated heterocycles. The molecule has 0 radical (unpaired) electrons. The van der Waals surface area contributed by atoms with E-state index in [4.69, 9.17) is 0 Å². The first-order chi connectivity index (χ1) is 22.0. The summed E-state index contributed by atoms with van der Waals surface area (Å²) in [5, 5.41) is 11.0. The summed E-state index contributed by atoms with van der Waals surface area (Å²) in [6, 6.07) is 49.8. The Balaban J connectivity index is 1.37. The van der Waals surface area contributed by atoms with Crippen molar-refractivity contribution in [1.82, 2.24) is 9.80 Å². The number of amides is 1. The molecule has 45 heavy (non-hydrogen) atoms. The number of likely N-dealkylation sites (N-methyl/N-ethyl adjacent to an activating group) is 1. The Bertz CT molecular complexity index is 1530. The van der Waals surface area contributed by atoms with Crippen molar-refractivity contribution in [3.63, 3.8) is 0 Å². The minimum absolute atomic E-state index is 0.0429.